The predicted octanol–water partition coefficient (Wildman–Crippen LogP) is 5.58. The van der Waals surface area contributed by atoms with E-state index in [-0.39, 0.29) is 34.7 Å². The lowest BCUT2D eigenvalue weighted by atomic mass is 9.89. The highest BCUT2D eigenvalue weighted by molar-refractivity contribution is 8.00. The minimum atomic E-state index is -2.78. The van der Waals surface area contributed by atoms with Gasteiger partial charge in [-0.3, -0.25) is 19.2 Å². The van der Waals surface area contributed by atoms with Crippen LogP contribution in [-0.4, -0.2) is 76.4 Å². The van der Waals surface area contributed by atoms with Gasteiger partial charge in [0.15, 0.2) is 16.9 Å². The van der Waals surface area contributed by atoms with Crippen molar-refractivity contribution in [3.63, 3.8) is 0 Å². The molecule has 0 saturated carbocycles. The Bertz CT molecular complexity index is 2420. The first kappa shape index (κ1) is 40.5. The van der Waals surface area contributed by atoms with Crippen LogP contribution in [0.25, 0.3) is 0 Å². The van der Waals surface area contributed by atoms with E-state index in [4.69, 9.17) is 9.57 Å². The zero-order chi connectivity index (χ0) is 41.5. The number of oxime groups is 1. The van der Waals surface area contributed by atoms with Crippen LogP contribution in [0.3, 0.4) is 0 Å². The molecule has 2 aliphatic heterocycles. The van der Waals surface area contributed by atoms with E-state index in [2.05, 4.69) is 63.0 Å². The van der Waals surface area contributed by atoms with Crippen molar-refractivity contribution < 1.29 is 28.8 Å². The second kappa shape index (κ2) is 17.9. The van der Waals surface area contributed by atoms with Gasteiger partial charge in [0, 0.05) is 17.7 Å². The van der Waals surface area contributed by atoms with Crippen LogP contribution >= 0.6 is 30.0 Å². The number of esters is 1. The zero-order valence-corrected chi connectivity index (χ0v) is 34.9. The summed E-state index contributed by atoms with van der Waals surface area (Å²) in [6, 6.07) is 49.1. The van der Waals surface area contributed by atoms with Gasteiger partial charge in [-0.15, -0.1) is 23.1 Å². The molecule has 2 N–H and O–H groups in total. The molecular weight excluding hydrogens is 814 g/mol. The number of rotatable bonds is 14. The first-order valence-electron chi connectivity index (χ1n) is 19.1. The first-order valence-corrected chi connectivity index (χ1v) is 22.9. The molecule has 2 fully saturated rings. The number of carbonyl (C=O) groups excluding carboxylic acids is 4. The molecule has 6 aromatic rings. The van der Waals surface area contributed by atoms with Crippen molar-refractivity contribution in [3.05, 3.63) is 174 Å². The summed E-state index contributed by atoms with van der Waals surface area (Å²) >= 11 is 2.53. The molecule has 0 spiro atoms. The number of thioether (sulfide) groups is 1. The molecule has 14 heteroatoms. The van der Waals surface area contributed by atoms with Crippen LogP contribution in [0.5, 0.6) is 0 Å². The van der Waals surface area contributed by atoms with E-state index in [1.807, 2.05) is 115 Å². The van der Waals surface area contributed by atoms with Gasteiger partial charge in [-0.2, -0.15) is 0 Å². The van der Waals surface area contributed by atoms with Crippen molar-refractivity contribution >= 4 is 86.7 Å². The Morgan fingerprint density at radius 3 is 1.85 bits per heavy atom. The maximum absolute atomic E-state index is 15.5. The zero-order valence-electron chi connectivity index (χ0n) is 32.4. The monoisotopic (exact) mass is 853 g/mol. The fourth-order valence-electron chi connectivity index (χ4n) is 7.69. The van der Waals surface area contributed by atoms with E-state index >= 15 is 4.79 Å². The van der Waals surface area contributed by atoms with Crippen molar-refractivity contribution in [2.75, 3.05) is 24.7 Å². The first-order chi connectivity index (χ1) is 29.4. The van der Waals surface area contributed by atoms with Crippen LogP contribution < -0.4 is 26.5 Å². The van der Waals surface area contributed by atoms with Crippen molar-refractivity contribution in [2.24, 2.45) is 10.6 Å². The fraction of sp³-hybridized carbons (Fsp3) is 0.152. The fourth-order valence-corrected chi connectivity index (χ4v) is 14.3. The number of fused-ring (bicyclic) bond motifs is 1. The number of ether oxygens (including phenoxy) is 1. The molecule has 0 radical (unpaired) electrons. The molecule has 60 heavy (non-hydrogen) atoms. The number of amides is 3. The van der Waals surface area contributed by atoms with E-state index in [0.29, 0.717) is 6.41 Å². The van der Waals surface area contributed by atoms with E-state index in [9.17, 15) is 14.4 Å². The van der Waals surface area contributed by atoms with Crippen LogP contribution in [0.1, 0.15) is 22.9 Å². The molecule has 302 valence electrons. The second-order valence-electron chi connectivity index (χ2n) is 14.2. The SMILES string of the molecule is CON=C(C(=O)NC1C(=O)N2CC(C=P(c3ccccc3)(c3ccccc3)c3ccccc3)(C(=O)OC(c3ccccc3)c3ccccc3)CS[C@H]12)c1csc(NC=O)n1. The van der Waals surface area contributed by atoms with Crippen molar-refractivity contribution in [2.45, 2.75) is 17.5 Å². The van der Waals surface area contributed by atoms with Gasteiger partial charge in [-0.1, -0.05) is 163 Å². The molecule has 8 rings (SSSR count). The summed E-state index contributed by atoms with van der Waals surface area (Å²) in [7, 11) is 1.30. The van der Waals surface area contributed by atoms with Crippen molar-refractivity contribution in [1.82, 2.24) is 15.2 Å². The van der Waals surface area contributed by atoms with Crippen LogP contribution in [0.4, 0.5) is 5.13 Å². The number of hydrogen-bond donors (Lipinski definition) is 2. The van der Waals surface area contributed by atoms with Crippen molar-refractivity contribution in [1.29, 1.82) is 0 Å². The summed E-state index contributed by atoms with van der Waals surface area (Å²) < 4.78 is 6.74. The number of nitrogens with zero attached hydrogens (tertiary/aromatic N) is 3. The van der Waals surface area contributed by atoms with E-state index in [0.717, 1.165) is 38.4 Å². The van der Waals surface area contributed by atoms with Crippen LogP contribution in [0, 0.1) is 5.41 Å². The molecule has 0 aliphatic carbocycles. The number of carbonyl (C=O) groups is 4. The molecule has 2 aliphatic rings. The topological polar surface area (TPSA) is 139 Å². The van der Waals surface area contributed by atoms with Gasteiger partial charge >= 0.3 is 5.97 Å². The van der Waals surface area contributed by atoms with E-state index in [1.165, 1.54) is 18.9 Å². The summed E-state index contributed by atoms with van der Waals surface area (Å²) in [5.41, 5.74) is 0.328. The Balaban J connectivity index is 1.23. The normalized spacial score (nSPS) is 18.7. The lowest BCUT2D eigenvalue weighted by Gasteiger charge is -2.54. The lowest BCUT2D eigenvalue weighted by molar-refractivity contribution is -0.160. The summed E-state index contributed by atoms with van der Waals surface area (Å²) in [6.07, 6.45) is -0.239. The molecule has 2 saturated heterocycles. The maximum atomic E-state index is 15.5. The average molecular weight is 854 g/mol. The average Bonchev–Trinajstić information content (AvgIpc) is 3.77. The van der Waals surface area contributed by atoms with Crippen LogP contribution in [-0.2, 0) is 28.8 Å². The summed E-state index contributed by atoms with van der Waals surface area (Å²) in [5, 5.41) is 13.7. The quantitative estimate of drug-likeness (QED) is 0.0362. The van der Waals surface area contributed by atoms with Gasteiger partial charge in [-0.05, 0) is 33.9 Å². The standard InChI is InChI=1S/C46H40N5O6PS2/c1-56-50-38(37-27-59-45(48-37)47-31-52)41(53)49-39-42(54)51-28-46(30-60-43(39)51,44(55)57-40(32-17-7-2-8-18-32)33-19-9-3-10-20-33)29-58(34-21-11-4-12-22-34,35-23-13-5-14-24-35)36-25-15-6-16-26-36/h2-27,29,31,39-40,43H,28,30H2,1H3,(H,49,53)(H,47,48,52)/t39?,43-,46?/m1/s1. The number of aromatic nitrogens is 1. The number of thiazole rings is 1. The number of benzene rings is 5. The maximum Gasteiger partial charge on any atom is 0.319 e. The summed E-state index contributed by atoms with van der Waals surface area (Å²) in [4.78, 5) is 65.4. The Labute approximate surface area is 355 Å². The Morgan fingerprint density at radius 1 is 0.833 bits per heavy atom. The highest BCUT2D eigenvalue weighted by atomic mass is 32.2. The van der Waals surface area contributed by atoms with Gasteiger partial charge < -0.3 is 25.1 Å². The third-order valence-corrected chi connectivity index (χ3v) is 17.0. The molecule has 1 aromatic heterocycles. The molecule has 3 amide bonds. The highest BCUT2D eigenvalue weighted by Crippen LogP contribution is 2.51. The second-order valence-corrected chi connectivity index (χ2v) is 19.4. The predicted molar refractivity (Wildman–Crippen MR) is 240 cm³/mol. The third-order valence-electron chi connectivity index (χ3n) is 10.5. The molecule has 0 bridgehead atoms. The minimum absolute atomic E-state index is 0.0189. The smallest absolute Gasteiger partial charge is 0.319 e. The molecule has 2 unspecified atom stereocenters. The number of nitrogens with one attached hydrogen (secondary N) is 2. The van der Waals surface area contributed by atoms with Gasteiger partial charge in [0.2, 0.25) is 12.3 Å². The summed E-state index contributed by atoms with van der Waals surface area (Å²) in [5.74, 6) is 0.973. The van der Waals surface area contributed by atoms with Crippen molar-refractivity contribution in [3.8, 4) is 0 Å². The highest BCUT2D eigenvalue weighted by Gasteiger charge is 2.58. The minimum Gasteiger partial charge on any atom is -0.452 e. The van der Waals surface area contributed by atoms with E-state index < -0.39 is 41.7 Å². The molecule has 3 heterocycles. The van der Waals surface area contributed by atoms with E-state index in [1.54, 1.807) is 10.3 Å². The Hall–Kier alpha value is -6.27. The van der Waals surface area contributed by atoms with Crippen LogP contribution in [0.2, 0.25) is 0 Å². The third kappa shape index (κ3) is 7.91. The number of anilines is 1. The van der Waals surface area contributed by atoms with Gasteiger partial charge in [0.1, 0.15) is 29.6 Å². The molecule has 3 atom stereocenters. The summed E-state index contributed by atoms with van der Waals surface area (Å²) in [6.45, 7) is -2.76. The molecule has 11 nitrogen and oxygen atoms in total. The van der Waals surface area contributed by atoms with Crippen LogP contribution in [0.15, 0.2) is 162 Å². The molecular formula is C46H40N5O6PS2. The largest absolute Gasteiger partial charge is 0.452 e. The van der Waals surface area contributed by atoms with Gasteiger partial charge in [0.25, 0.3) is 5.91 Å². The number of β-lactam (4-membered cyclic amide) rings is 1. The van der Waals surface area contributed by atoms with Gasteiger partial charge in [-0.25, -0.2) is 4.98 Å². The molecule has 5 aromatic carbocycles. The Morgan fingerprint density at radius 2 is 1.35 bits per heavy atom. The number of hydrogen-bond acceptors (Lipinski definition) is 10. The lowest BCUT2D eigenvalue weighted by Crippen LogP contribution is -2.74. The Kier molecular flexibility index (Phi) is 12.1. The van der Waals surface area contributed by atoms with Gasteiger partial charge in [0.05, 0.1) is 0 Å².